The molecule has 3 amide bonds. The van der Waals surface area contributed by atoms with E-state index >= 15 is 0 Å². The van der Waals surface area contributed by atoms with Crippen molar-refractivity contribution in [1.82, 2.24) is 10.6 Å². The first-order valence-corrected chi connectivity index (χ1v) is 7.71. The maximum absolute atomic E-state index is 11.5. The summed E-state index contributed by atoms with van der Waals surface area (Å²) < 4.78 is 6.54. The van der Waals surface area contributed by atoms with E-state index in [0.29, 0.717) is 12.4 Å². The Hall–Kier alpha value is -2.60. The molecule has 0 saturated carbocycles. The van der Waals surface area contributed by atoms with Crippen LogP contribution in [0.25, 0.3) is 6.08 Å². The van der Waals surface area contributed by atoms with E-state index in [0.717, 1.165) is 15.6 Å². The van der Waals surface area contributed by atoms with E-state index in [1.54, 1.807) is 6.08 Å². The normalized spacial score (nSPS) is 15.4. The molecule has 2 N–H and O–H groups in total. The summed E-state index contributed by atoms with van der Waals surface area (Å²) in [5.74, 6) is 0.270. The highest BCUT2D eigenvalue weighted by Gasteiger charge is 2.22. The summed E-state index contributed by atoms with van der Waals surface area (Å²) in [6.45, 7) is 0.471. The van der Waals surface area contributed by atoms with Gasteiger partial charge in [0.25, 0.3) is 5.91 Å². The molecule has 3 rings (SSSR count). The zero-order valence-electron chi connectivity index (χ0n) is 12.0. The Morgan fingerprint density at radius 3 is 2.48 bits per heavy atom. The summed E-state index contributed by atoms with van der Waals surface area (Å²) in [5, 5.41) is 4.61. The summed E-state index contributed by atoms with van der Waals surface area (Å²) in [6, 6.07) is 14.8. The number of amides is 3. The maximum Gasteiger partial charge on any atom is 0.326 e. The number of rotatable bonds is 4. The highest BCUT2D eigenvalue weighted by molar-refractivity contribution is 9.10. The third kappa shape index (κ3) is 3.78. The molecule has 116 valence electrons. The molecular formula is C17H13BrN2O3. The minimum absolute atomic E-state index is 0.222. The van der Waals surface area contributed by atoms with Crippen LogP contribution in [0.15, 0.2) is 58.7 Å². The fraction of sp³-hybridized carbons (Fsp3) is 0.0588. The minimum atomic E-state index is -0.511. The van der Waals surface area contributed by atoms with Gasteiger partial charge in [0.2, 0.25) is 0 Å². The van der Waals surface area contributed by atoms with Crippen LogP contribution in [0.4, 0.5) is 4.79 Å². The molecule has 1 heterocycles. The average molecular weight is 373 g/mol. The van der Waals surface area contributed by atoms with E-state index < -0.39 is 11.9 Å². The molecule has 6 heteroatoms. The van der Waals surface area contributed by atoms with Crippen molar-refractivity contribution in [2.75, 3.05) is 0 Å². The van der Waals surface area contributed by atoms with Gasteiger partial charge in [0.1, 0.15) is 18.1 Å². The second kappa shape index (κ2) is 6.66. The Kier molecular flexibility index (Phi) is 4.43. The van der Waals surface area contributed by atoms with Crippen molar-refractivity contribution >= 4 is 33.9 Å². The Bertz CT molecular complexity index is 788. The van der Waals surface area contributed by atoms with Gasteiger partial charge < -0.3 is 10.1 Å². The van der Waals surface area contributed by atoms with Crippen LogP contribution in [0.3, 0.4) is 0 Å². The monoisotopic (exact) mass is 372 g/mol. The predicted octanol–water partition coefficient (Wildman–Crippen LogP) is 3.21. The molecule has 0 unspecified atom stereocenters. The Morgan fingerprint density at radius 1 is 1.04 bits per heavy atom. The van der Waals surface area contributed by atoms with Crippen LogP contribution in [0, 0.1) is 0 Å². The van der Waals surface area contributed by atoms with Crippen molar-refractivity contribution < 1.29 is 14.3 Å². The van der Waals surface area contributed by atoms with Gasteiger partial charge in [-0.1, -0.05) is 36.4 Å². The number of hydrogen-bond acceptors (Lipinski definition) is 3. The quantitative estimate of drug-likeness (QED) is 0.639. The lowest BCUT2D eigenvalue weighted by Gasteiger charge is -2.09. The molecule has 0 radical (unpaired) electrons. The van der Waals surface area contributed by atoms with Crippen molar-refractivity contribution in [2.24, 2.45) is 0 Å². The van der Waals surface area contributed by atoms with Crippen LogP contribution < -0.4 is 15.4 Å². The van der Waals surface area contributed by atoms with Crippen LogP contribution in [0.2, 0.25) is 0 Å². The first-order chi connectivity index (χ1) is 11.1. The van der Waals surface area contributed by atoms with Gasteiger partial charge in [0, 0.05) is 0 Å². The molecule has 0 atom stereocenters. The largest absolute Gasteiger partial charge is 0.488 e. The molecule has 1 aliphatic rings. The molecule has 1 aliphatic heterocycles. The second-order valence-corrected chi connectivity index (χ2v) is 5.78. The van der Waals surface area contributed by atoms with Crippen molar-refractivity contribution in [2.45, 2.75) is 6.61 Å². The predicted molar refractivity (Wildman–Crippen MR) is 89.6 cm³/mol. The number of carbonyl (C=O) groups excluding carboxylic acids is 2. The van der Waals surface area contributed by atoms with Gasteiger partial charge >= 0.3 is 6.03 Å². The molecule has 5 nitrogen and oxygen atoms in total. The SMILES string of the molecule is O=C1NC(=O)C(=Cc2ccc(OCc3ccccc3)c(Br)c2)N1. The van der Waals surface area contributed by atoms with Crippen molar-refractivity contribution in [1.29, 1.82) is 0 Å². The fourth-order valence-corrected chi connectivity index (χ4v) is 2.62. The Balaban J connectivity index is 1.72. The van der Waals surface area contributed by atoms with Crippen molar-refractivity contribution in [3.8, 4) is 5.75 Å². The van der Waals surface area contributed by atoms with Gasteiger partial charge in [0.05, 0.1) is 4.47 Å². The van der Waals surface area contributed by atoms with Crippen LogP contribution >= 0.6 is 15.9 Å². The van der Waals surface area contributed by atoms with E-state index in [4.69, 9.17) is 4.74 Å². The topological polar surface area (TPSA) is 67.4 Å². The number of urea groups is 1. The van der Waals surface area contributed by atoms with E-state index in [2.05, 4.69) is 26.6 Å². The minimum Gasteiger partial charge on any atom is -0.488 e. The lowest BCUT2D eigenvalue weighted by atomic mass is 10.2. The smallest absolute Gasteiger partial charge is 0.326 e. The fourth-order valence-electron chi connectivity index (χ4n) is 2.11. The molecule has 0 aliphatic carbocycles. The summed E-state index contributed by atoms with van der Waals surface area (Å²) in [4.78, 5) is 22.6. The highest BCUT2D eigenvalue weighted by atomic mass is 79.9. The molecule has 0 bridgehead atoms. The molecular weight excluding hydrogens is 360 g/mol. The number of imide groups is 1. The Morgan fingerprint density at radius 2 is 1.83 bits per heavy atom. The van der Waals surface area contributed by atoms with E-state index in [1.807, 2.05) is 48.5 Å². The molecule has 2 aromatic carbocycles. The van der Waals surface area contributed by atoms with Crippen molar-refractivity contribution in [3.05, 3.63) is 69.8 Å². The number of nitrogens with one attached hydrogen (secondary N) is 2. The second-order valence-electron chi connectivity index (χ2n) is 4.93. The molecule has 23 heavy (non-hydrogen) atoms. The number of benzene rings is 2. The summed E-state index contributed by atoms with van der Waals surface area (Å²) >= 11 is 3.45. The van der Waals surface area contributed by atoms with Crippen LogP contribution in [0.5, 0.6) is 5.75 Å². The third-order valence-electron chi connectivity index (χ3n) is 3.22. The Labute approximate surface area is 141 Å². The van der Waals surface area contributed by atoms with Gasteiger partial charge in [-0.25, -0.2) is 4.79 Å². The van der Waals surface area contributed by atoms with Gasteiger partial charge in [-0.15, -0.1) is 0 Å². The highest BCUT2D eigenvalue weighted by Crippen LogP contribution is 2.27. The molecule has 0 aromatic heterocycles. The molecule has 0 spiro atoms. The van der Waals surface area contributed by atoms with Crippen molar-refractivity contribution in [3.63, 3.8) is 0 Å². The summed E-state index contributed by atoms with van der Waals surface area (Å²) in [6.07, 6.45) is 1.60. The molecule has 2 aromatic rings. The van der Waals surface area contributed by atoms with Gasteiger partial charge in [-0.3, -0.25) is 10.1 Å². The van der Waals surface area contributed by atoms with E-state index in [9.17, 15) is 9.59 Å². The zero-order valence-corrected chi connectivity index (χ0v) is 13.6. The van der Waals surface area contributed by atoms with Crippen LogP contribution in [0.1, 0.15) is 11.1 Å². The standard InChI is InChI=1S/C17H13BrN2O3/c18-13-8-12(9-14-16(21)20-17(22)19-14)6-7-15(13)23-10-11-4-2-1-3-5-11/h1-9H,10H2,(H2,19,20,21,22). The average Bonchev–Trinajstić information content (AvgIpc) is 2.85. The number of ether oxygens (including phenoxy) is 1. The number of halogens is 1. The van der Waals surface area contributed by atoms with Crippen LogP contribution in [-0.2, 0) is 11.4 Å². The first kappa shape index (κ1) is 15.3. The lowest BCUT2D eigenvalue weighted by molar-refractivity contribution is -0.115. The molecule has 1 saturated heterocycles. The van der Waals surface area contributed by atoms with Gasteiger partial charge in [-0.05, 0) is 45.3 Å². The third-order valence-corrected chi connectivity index (χ3v) is 3.84. The maximum atomic E-state index is 11.5. The van der Waals surface area contributed by atoms with E-state index in [-0.39, 0.29) is 5.70 Å². The molecule has 1 fully saturated rings. The summed E-state index contributed by atoms with van der Waals surface area (Å²) in [5.41, 5.74) is 2.08. The van der Waals surface area contributed by atoms with Crippen LogP contribution in [-0.4, -0.2) is 11.9 Å². The van der Waals surface area contributed by atoms with Gasteiger partial charge in [0.15, 0.2) is 0 Å². The lowest BCUT2D eigenvalue weighted by Crippen LogP contribution is -2.22. The van der Waals surface area contributed by atoms with Gasteiger partial charge in [-0.2, -0.15) is 0 Å². The number of hydrogen-bond donors (Lipinski definition) is 2. The van der Waals surface area contributed by atoms with E-state index in [1.165, 1.54) is 0 Å². The zero-order chi connectivity index (χ0) is 16.2. The first-order valence-electron chi connectivity index (χ1n) is 6.92. The number of carbonyl (C=O) groups is 2. The summed E-state index contributed by atoms with van der Waals surface area (Å²) in [7, 11) is 0.